The fraction of sp³-hybridized carbons (Fsp3) is 0.273. The lowest BCUT2D eigenvalue weighted by Crippen LogP contribution is -1.98. The molecule has 2 aromatic rings. The number of hydrogen-bond donors (Lipinski definition) is 1. The molecule has 0 aliphatic rings. The minimum atomic E-state index is -0.938. The van der Waals surface area contributed by atoms with Crippen molar-refractivity contribution in [3.8, 4) is 0 Å². The summed E-state index contributed by atoms with van der Waals surface area (Å²) in [6.07, 6.45) is 3.95. The molecule has 0 unspecified atom stereocenters. The van der Waals surface area contributed by atoms with E-state index >= 15 is 0 Å². The molecule has 2 rings (SSSR count). The van der Waals surface area contributed by atoms with Gasteiger partial charge in [0.05, 0.1) is 18.3 Å². The summed E-state index contributed by atoms with van der Waals surface area (Å²) in [5, 5.41) is 12.8. The number of nitrogens with zero attached hydrogens (tertiary/aromatic N) is 2. The quantitative estimate of drug-likeness (QED) is 0.885. The number of aromatic nitrogens is 2. The van der Waals surface area contributed by atoms with Gasteiger partial charge in [-0.3, -0.25) is 4.68 Å². The van der Waals surface area contributed by atoms with Crippen LogP contribution in [0.25, 0.3) is 0 Å². The van der Waals surface area contributed by atoms with E-state index in [-0.39, 0.29) is 5.56 Å². The first-order valence-corrected chi connectivity index (χ1v) is 5.84. The van der Waals surface area contributed by atoms with Crippen LogP contribution in [0.2, 0.25) is 0 Å². The van der Waals surface area contributed by atoms with Crippen LogP contribution in [0.5, 0.6) is 0 Å². The van der Waals surface area contributed by atoms with Crippen molar-refractivity contribution < 1.29 is 9.90 Å². The monoisotopic (exact) mass is 236 g/mol. The molecule has 0 aromatic carbocycles. The van der Waals surface area contributed by atoms with Crippen molar-refractivity contribution in [3.05, 3.63) is 39.8 Å². The molecule has 2 aromatic heterocycles. The largest absolute Gasteiger partial charge is 0.478 e. The van der Waals surface area contributed by atoms with E-state index in [0.29, 0.717) is 6.54 Å². The van der Waals surface area contributed by atoms with Crippen molar-refractivity contribution in [2.45, 2.75) is 19.9 Å². The van der Waals surface area contributed by atoms with Crippen LogP contribution in [0.3, 0.4) is 0 Å². The van der Waals surface area contributed by atoms with Gasteiger partial charge in [0.25, 0.3) is 0 Å². The zero-order valence-corrected chi connectivity index (χ0v) is 9.70. The lowest BCUT2D eigenvalue weighted by molar-refractivity contribution is 0.0697. The van der Waals surface area contributed by atoms with Gasteiger partial charge in [-0.25, -0.2) is 4.79 Å². The second-order valence-corrected chi connectivity index (χ2v) is 4.71. The maximum Gasteiger partial charge on any atom is 0.338 e. The minimum Gasteiger partial charge on any atom is -0.478 e. The smallest absolute Gasteiger partial charge is 0.338 e. The molecule has 84 valence electrons. The molecule has 1 N–H and O–H groups in total. The number of thiophene rings is 1. The molecule has 0 amide bonds. The van der Waals surface area contributed by atoms with Crippen LogP contribution >= 0.6 is 11.3 Å². The SMILES string of the molecule is CCc1ccc(Cn2cc(C(=O)O)cn2)s1. The topological polar surface area (TPSA) is 55.1 Å². The zero-order chi connectivity index (χ0) is 11.5. The maximum atomic E-state index is 10.7. The Morgan fingerprint density at radius 2 is 2.25 bits per heavy atom. The Bertz CT molecular complexity index is 502. The zero-order valence-electron chi connectivity index (χ0n) is 8.88. The molecule has 0 saturated carbocycles. The molecular weight excluding hydrogens is 224 g/mol. The molecule has 5 heteroatoms. The number of aryl methyl sites for hydroxylation is 1. The van der Waals surface area contributed by atoms with E-state index in [2.05, 4.69) is 24.2 Å². The van der Waals surface area contributed by atoms with Crippen LogP contribution in [0.1, 0.15) is 27.0 Å². The van der Waals surface area contributed by atoms with Gasteiger partial charge in [0.2, 0.25) is 0 Å². The lowest BCUT2D eigenvalue weighted by Gasteiger charge is -1.96. The number of carboxylic acid groups (broad SMARTS) is 1. The third kappa shape index (κ3) is 2.30. The Morgan fingerprint density at radius 1 is 1.50 bits per heavy atom. The number of hydrogen-bond acceptors (Lipinski definition) is 3. The van der Waals surface area contributed by atoms with E-state index in [9.17, 15) is 4.79 Å². The van der Waals surface area contributed by atoms with E-state index in [1.54, 1.807) is 22.2 Å². The van der Waals surface area contributed by atoms with Gasteiger partial charge in [0.1, 0.15) is 0 Å². The van der Waals surface area contributed by atoms with Gasteiger partial charge in [-0.1, -0.05) is 6.92 Å². The Labute approximate surface area is 97.2 Å². The first kappa shape index (κ1) is 10.9. The molecule has 4 nitrogen and oxygen atoms in total. The van der Waals surface area contributed by atoms with Gasteiger partial charge in [0, 0.05) is 16.0 Å². The van der Waals surface area contributed by atoms with Crippen LogP contribution in [-0.2, 0) is 13.0 Å². The second-order valence-electron chi connectivity index (χ2n) is 3.45. The van der Waals surface area contributed by atoms with E-state index < -0.39 is 5.97 Å². The summed E-state index contributed by atoms with van der Waals surface area (Å²) < 4.78 is 1.65. The molecule has 0 spiro atoms. The van der Waals surface area contributed by atoms with Crippen molar-refractivity contribution in [3.63, 3.8) is 0 Å². The Morgan fingerprint density at radius 3 is 2.81 bits per heavy atom. The molecule has 0 aliphatic heterocycles. The summed E-state index contributed by atoms with van der Waals surface area (Å²) in [7, 11) is 0. The van der Waals surface area contributed by atoms with Crippen molar-refractivity contribution in [2.75, 3.05) is 0 Å². The van der Waals surface area contributed by atoms with Crippen molar-refractivity contribution in [1.82, 2.24) is 9.78 Å². The molecule has 2 heterocycles. The van der Waals surface area contributed by atoms with E-state index in [1.807, 2.05) is 0 Å². The Kier molecular flexibility index (Phi) is 3.05. The summed E-state index contributed by atoms with van der Waals surface area (Å²) in [5.41, 5.74) is 0.229. The second kappa shape index (κ2) is 4.49. The normalized spacial score (nSPS) is 10.6. The fourth-order valence-corrected chi connectivity index (χ4v) is 2.37. The highest BCUT2D eigenvalue weighted by Gasteiger charge is 2.06. The first-order chi connectivity index (χ1) is 7.69. The third-order valence-electron chi connectivity index (χ3n) is 2.26. The van der Waals surface area contributed by atoms with Gasteiger partial charge < -0.3 is 5.11 Å². The predicted octanol–water partition coefficient (Wildman–Crippen LogP) is 2.25. The maximum absolute atomic E-state index is 10.7. The van der Waals surface area contributed by atoms with E-state index in [0.717, 1.165) is 6.42 Å². The molecule has 0 radical (unpaired) electrons. The fourth-order valence-electron chi connectivity index (χ4n) is 1.42. The number of carbonyl (C=O) groups is 1. The third-order valence-corrected chi connectivity index (χ3v) is 3.48. The summed E-state index contributed by atoms with van der Waals surface area (Å²) in [4.78, 5) is 13.2. The van der Waals surface area contributed by atoms with E-state index in [1.165, 1.54) is 16.0 Å². The van der Waals surface area contributed by atoms with Crippen LogP contribution in [0.4, 0.5) is 0 Å². The standard InChI is InChI=1S/C11H12N2O2S/c1-2-9-3-4-10(16-9)7-13-6-8(5-12-13)11(14)15/h3-6H,2,7H2,1H3,(H,14,15). The van der Waals surface area contributed by atoms with Crippen LogP contribution in [0.15, 0.2) is 24.5 Å². The number of rotatable bonds is 4. The number of aromatic carboxylic acids is 1. The van der Waals surface area contributed by atoms with E-state index in [4.69, 9.17) is 5.11 Å². The molecule has 0 fully saturated rings. The predicted molar refractivity (Wildman–Crippen MR) is 62.0 cm³/mol. The highest BCUT2D eigenvalue weighted by molar-refractivity contribution is 7.11. The molecular formula is C11H12N2O2S. The summed E-state index contributed by atoms with van der Waals surface area (Å²) in [6, 6.07) is 4.16. The Balaban J connectivity index is 2.11. The summed E-state index contributed by atoms with van der Waals surface area (Å²) >= 11 is 1.74. The highest BCUT2D eigenvalue weighted by Crippen LogP contribution is 2.17. The van der Waals surface area contributed by atoms with Crippen molar-refractivity contribution >= 4 is 17.3 Å². The first-order valence-electron chi connectivity index (χ1n) is 5.02. The summed E-state index contributed by atoms with van der Waals surface area (Å²) in [6.45, 7) is 2.75. The lowest BCUT2D eigenvalue weighted by atomic mass is 10.3. The van der Waals surface area contributed by atoms with Gasteiger partial charge in [-0.15, -0.1) is 11.3 Å². The van der Waals surface area contributed by atoms with Crippen LogP contribution in [-0.4, -0.2) is 20.9 Å². The molecule has 16 heavy (non-hydrogen) atoms. The van der Waals surface area contributed by atoms with Crippen LogP contribution in [0, 0.1) is 0 Å². The molecule has 0 saturated heterocycles. The molecule has 0 aliphatic carbocycles. The summed E-state index contributed by atoms with van der Waals surface area (Å²) in [5.74, 6) is -0.938. The van der Waals surface area contributed by atoms with Crippen molar-refractivity contribution in [1.29, 1.82) is 0 Å². The van der Waals surface area contributed by atoms with Crippen LogP contribution < -0.4 is 0 Å². The Hall–Kier alpha value is -1.62. The molecule has 0 bridgehead atoms. The van der Waals surface area contributed by atoms with Gasteiger partial charge >= 0.3 is 5.97 Å². The molecule has 0 atom stereocenters. The number of carboxylic acids is 1. The van der Waals surface area contributed by atoms with Gasteiger partial charge in [-0.05, 0) is 18.6 Å². The van der Waals surface area contributed by atoms with Crippen molar-refractivity contribution in [2.24, 2.45) is 0 Å². The van der Waals surface area contributed by atoms with Gasteiger partial charge in [0.15, 0.2) is 0 Å². The van der Waals surface area contributed by atoms with Gasteiger partial charge in [-0.2, -0.15) is 5.10 Å². The average Bonchev–Trinajstić information content (AvgIpc) is 2.87. The average molecular weight is 236 g/mol. The minimum absolute atomic E-state index is 0.229. The highest BCUT2D eigenvalue weighted by atomic mass is 32.1.